The Morgan fingerprint density at radius 3 is 2.40 bits per heavy atom. The van der Waals surface area contributed by atoms with E-state index in [-0.39, 0.29) is 5.41 Å². The van der Waals surface area contributed by atoms with Crippen molar-refractivity contribution in [1.82, 2.24) is 0 Å². The smallest absolute Gasteiger partial charge is 0.0282 e. The molecule has 0 unspecified atom stereocenters. The Morgan fingerprint density at radius 2 is 1.93 bits per heavy atom. The molecular formula is C13H18BrCl. The maximum Gasteiger partial charge on any atom is 0.0282 e. The van der Waals surface area contributed by atoms with E-state index in [0.29, 0.717) is 0 Å². The number of hydrogen-bond donors (Lipinski definition) is 0. The van der Waals surface area contributed by atoms with E-state index in [0.717, 1.165) is 29.6 Å². The second-order valence-corrected chi connectivity index (χ2v) is 5.33. The van der Waals surface area contributed by atoms with Gasteiger partial charge in [-0.3, -0.25) is 0 Å². The molecule has 0 fully saturated rings. The standard InChI is InChI=1S/C13H18BrCl/c1-3-13(4-2,10-15)9-11-6-5-7-12(14)8-11/h5-8H,3-4,9-10H2,1-2H3. The van der Waals surface area contributed by atoms with Crippen LogP contribution >= 0.6 is 27.5 Å². The number of halogens is 2. The Bertz CT molecular complexity index is 297. The fraction of sp³-hybridized carbons (Fsp3) is 0.538. The zero-order valence-corrected chi connectivity index (χ0v) is 11.7. The molecule has 0 amide bonds. The Balaban J connectivity index is 2.82. The average molecular weight is 290 g/mol. The highest BCUT2D eigenvalue weighted by atomic mass is 79.9. The Kier molecular flexibility index (Phi) is 5.14. The van der Waals surface area contributed by atoms with Crippen molar-refractivity contribution in [3.05, 3.63) is 34.3 Å². The summed E-state index contributed by atoms with van der Waals surface area (Å²) in [7, 11) is 0. The van der Waals surface area contributed by atoms with Gasteiger partial charge in [-0.25, -0.2) is 0 Å². The third-order valence-electron chi connectivity index (χ3n) is 3.25. The summed E-state index contributed by atoms with van der Waals surface area (Å²) in [6.45, 7) is 4.45. The normalized spacial score (nSPS) is 11.7. The van der Waals surface area contributed by atoms with Crippen molar-refractivity contribution >= 4 is 27.5 Å². The van der Waals surface area contributed by atoms with Crippen LogP contribution in [0.3, 0.4) is 0 Å². The van der Waals surface area contributed by atoms with Gasteiger partial charge in [0.2, 0.25) is 0 Å². The monoisotopic (exact) mass is 288 g/mol. The molecule has 15 heavy (non-hydrogen) atoms. The number of rotatable bonds is 5. The fourth-order valence-electron chi connectivity index (χ4n) is 1.82. The van der Waals surface area contributed by atoms with Crippen molar-refractivity contribution in [2.75, 3.05) is 5.88 Å². The highest BCUT2D eigenvalue weighted by Gasteiger charge is 2.25. The second kappa shape index (κ2) is 5.91. The van der Waals surface area contributed by atoms with Gasteiger partial charge in [-0.05, 0) is 42.4 Å². The van der Waals surface area contributed by atoms with Crippen molar-refractivity contribution < 1.29 is 0 Å². The van der Waals surface area contributed by atoms with Crippen LogP contribution in [0.4, 0.5) is 0 Å². The molecule has 0 N–H and O–H groups in total. The third-order valence-corrected chi connectivity index (χ3v) is 4.31. The lowest BCUT2D eigenvalue weighted by Gasteiger charge is -2.29. The molecule has 0 aromatic heterocycles. The van der Waals surface area contributed by atoms with Crippen LogP contribution in [0.2, 0.25) is 0 Å². The summed E-state index contributed by atoms with van der Waals surface area (Å²) in [4.78, 5) is 0. The SMILES string of the molecule is CCC(CC)(CCl)Cc1cccc(Br)c1. The largest absolute Gasteiger partial charge is 0.126 e. The van der Waals surface area contributed by atoms with Crippen molar-refractivity contribution in [3.63, 3.8) is 0 Å². The van der Waals surface area contributed by atoms with Crippen LogP contribution in [0.25, 0.3) is 0 Å². The van der Waals surface area contributed by atoms with Crippen LogP contribution < -0.4 is 0 Å². The van der Waals surface area contributed by atoms with Gasteiger partial charge in [-0.1, -0.05) is 41.9 Å². The lowest BCUT2D eigenvalue weighted by Crippen LogP contribution is -2.24. The Labute approximate surface area is 106 Å². The van der Waals surface area contributed by atoms with Crippen molar-refractivity contribution in [2.24, 2.45) is 5.41 Å². The van der Waals surface area contributed by atoms with E-state index in [1.54, 1.807) is 0 Å². The van der Waals surface area contributed by atoms with E-state index < -0.39 is 0 Å². The van der Waals surface area contributed by atoms with Crippen LogP contribution in [-0.4, -0.2) is 5.88 Å². The fourth-order valence-corrected chi connectivity index (χ4v) is 2.74. The third kappa shape index (κ3) is 3.49. The van der Waals surface area contributed by atoms with Crippen molar-refractivity contribution in [2.45, 2.75) is 33.1 Å². The first-order chi connectivity index (χ1) is 7.15. The summed E-state index contributed by atoms with van der Waals surface area (Å²) >= 11 is 9.60. The Morgan fingerprint density at radius 1 is 1.27 bits per heavy atom. The highest BCUT2D eigenvalue weighted by molar-refractivity contribution is 9.10. The van der Waals surface area contributed by atoms with Crippen LogP contribution in [0.15, 0.2) is 28.7 Å². The second-order valence-electron chi connectivity index (χ2n) is 4.15. The summed E-state index contributed by atoms with van der Waals surface area (Å²) < 4.78 is 1.15. The van der Waals surface area contributed by atoms with Gasteiger partial charge in [0.1, 0.15) is 0 Å². The van der Waals surface area contributed by atoms with E-state index >= 15 is 0 Å². The first-order valence-corrected chi connectivity index (χ1v) is 6.79. The van der Waals surface area contributed by atoms with Crippen molar-refractivity contribution in [1.29, 1.82) is 0 Å². The molecule has 0 aliphatic heterocycles. The van der Waals surface area contributed by atoms with Gasteiger partial charge < -0.3 is 0 Å². The molecule has 84 valence electrons. The molecule has 0 bridgehead atoms. The molecule has 0 heterocycles. The van der Waals surface area contributed by atoms with E-state index in [9.17, 15) is 0 Å². The first-order valence-electron chi connectivity index (χ1n) is 5.46. The minimum absolute atomic E-state index is 0.266. The lowest BCUT2D eigenvalue weighted by molar-refractivity contribution is 0.302. The quantitative estimate of drug-likeness (QED) is 0.666. The van der Waals surface area contributed by atoms with Crippen LogP contribution in [0.5, 0.6) is 0 Å². The average Bonchev–Trinajstić information content (AvgIpc) is 2.26. The van der Waals surface area contributed by atoms with E-state index in [1.807, 2.05) is 0 Å². The zero-order valence-electron chi connectivity index (χ0n) is 9.39. The maximum atomic E-state index is 6.10. The number of benzene rings is 1. The minimum atomic E-state index is 0.266. The molecule has 1 rings (SSSR count). The zero-order chi connectivity index (χ0) is 11.3. The summed E-state index contributed by atoms with van der Waals surface area (Å²) in [6, 6.07) is 8.51. The topological polar surface area (TPSA) is 0 Å². The molecule has 1 aromatic carbocycles. The first kappa shape index (κ1) is 13.1. The molecular weight excluding hydrogens is 272 g/mol. The van der Waals surface area contributed by atoms with Gasteiger partial charge in [0.05, 0.1) is 0 Å². The van der Waals surface area contributed by atoms with Gasteiger partial charge in [-0.2, -0.15) is 0 Å². The van der Waals surface area contributed by atoms with Crippen LogP contribution in [0.1, 0.15) is 32.3 Å². The highest BCUT2D eigenvalue weighted by Crippen LogP contribution is 2.32. The maximum absolute atomic E-state index is 6.10. The van der Waals surface area contributed by atoms with E-state index in [4.69, 9.17) is 11.6 Å². The van der Waals surface area contributed by atoms with Gasteiger partial charge in [0.25, 0.3) is 0 Å². The number of alkyl halides is 1. The Hall–Kier alpha value is -0.0100. The molecule has 0 saturated carbocycles. The predicted octanol–water partition coefficient (Wildman–Crippen LogP) is 5.04. The summed E-state index contributed by atoms with van der Waals surface area (Å²) in [5.41, 5.74) is 1.64. The molecule has 0 saturated heterocycles. The molecule has 0 spiro atoms. The van der Waals surface area contributed by atoms with Gasteiger partial charge in [0, 0.05) is 10.4 Å². The molecule has 1 aromatic rings. The molecule has 0 radical (unpaired) electrons. The number of hydrogen-bond acceptors (Lipinski definition) is 0. The van der Waals surface area contributed by atoms with Crippen molar-refractivity contribution in [3.8, 4) is 0 Å². The molecule has 0 aliphatic carbocycles. The molecule has 2 heteroatoms. The summed E-state index contributed by atoms with van der Waals surface area (Å²) in [5.74, 6) is 0.743. The van der Waals surface area contributed by atoms with Gasteiger partial charge in [-0.15, -0.1) is 11.6 Å². The van der Waals surface area contributed by atoms with Gasteiger partial charge in [0.15, 0.2) is 0 Å². The summed E-state index contributed by atoms with van der Waals surface area (Å²) in [5, 5.41) is 0. The molecule has 0 atom stereocenters. The van der Waals surface area contributed by atoms with Crippen LogP contribution in [0, 0.1) is 5.41 Å². The molecule has 0 aliphatic rings. The lowest BCUT2D eigenvalue weighted by atomic mass is 9.79. The minimum Gasteiger partial charge on any atom is -0.126 e. The molecule has 0 nitrogen and oxygen atoms in total. The summed E-state index contributed by atoms with van der Waals surface area (Å²) in [6.07, 6.45) is 3.35. The van der Waals surface area contributed by atoms with Crippen LogP contribution in [-0.2, 0) is 6.42 Å². The predicted molar refractivity (Wildman–Crippen MR) is 71.6 cm³/mol. The van der Waals surface area contributed by atoms with Gasteiger partial charge >= 0.3 is 0 Å². The van der Waals surface area contributed by atoms with E-state index in [2.05, 4.69) is 54.0 Å². The van der Waals surface area contributed by atoms with E-state index in [1.165, 1.54) is 5.56 Å².